The predicted molar refractivity (Wildman–Crippen MR) is 110 cm³/mol. The minimum atomic E-state index is -3.80. The molecule has 152 valence electrons. The third-order valence-electron chi connectivity index (χ3n) is 4.32. The number of fused-ring (bicyclic) bond motifs is 1. The van der Waals surface area contributed by atoms with Gasteiger partial charge in [-0.25, -0.2) is 8.42 Å². The van der Waals surface area contributed by atoms with Crippen molar-refractivity contribution in [1.82, 2.24) is 4.72 Å². The van der Waals surface area contributed by atoms with Crippen LogP contribution in [0.3, 0.4) is 0 Å². The van der Waals surface area contributed by atoms with Crippen LogP contribution in [0.1, 0.15) is 29.8 Å². The molecule has 0 radical (unpaired) electrons. The first-order valence-electron chi connectivity index (χ1n) is 9.15. The Balaban J connectivity index is 1.87. The van der Waals surface area contributed by atoms with E-state index in [9.17, 15) is 13.2 Å². The van der Waals surface area contributed by atoms with E-state index >= 15 is 0 Å². The fraction of sp³-hybridized carbons (Fsp3) is 0.286. The summed E-state index contributed by atoms with van der Waals surface area (Å²) in [6.45, 7) is 4.13. The largest absolute Gasteiger partial charge is 0.492 e. The molecule has 8 heteroatoms. The summed E-state index contributed by atoms with van der Waals surface area (Å²) in [5.41, 5.74) is 1.67. The molecule has 2 aromatic rings. The molecule has 1 aliphatic rings. The first-order valence-corrected chi connectivity index (χ1v) is 10.6. The fourth-order valence-electron chi connectivity index (χ4n) is 3.03. The zero-order valence-electron chi connectivity index (χ0n) is 16.2. The first kappa shape index (κ1) is 20.7. The molecule has 1 heterocycles. The van der Waals surface area contributed by atoms with Gasteiger partial charge in [0.1, 0.15) is 17.6 Å². The van der Waals surface area contributed by atoms with Gasteiger partial charge >= 0.3 is 0 Å². The monoisotopic (exact) mass is 414 g/mol. The molecule has 0 fully saturated rings. The SMILES string of the molecule is C#CCNS(=O)(=O)c1cccc(C(=O)Nc2cc3c(cc2OCC)CC(C)O3)c1. The normalized spacial score (nSPS) is 15.1. The van der Waals surface area contributed by atoms with Gasteiger partial charge in [0.25, 0.3) is 5.91 Å². The van der Waals surface area contributed by atoms with E-state index in [-0.39, 0.29) is 23.1 Å². The molecule has 3 rings (SSSR count). The van der Waals surface area contributed by atoms with Crippen LogP contribution in [-0.2, 0) is 16.4 Å². The molecule has 1 amide bonds. The van der Waals surface area contributed by atoms with Crippen molar-refractivity contribution in [3.63, 3.8) is 0 Å². The van der Waals surface area contributed by atoms with Crippen LogP contribution in [0, 0.1) is 12.3 Å². The Bertz CT molecular complexity index is 1070. The standard InChI is InChI=1S/C21H22N2O5S/c1-4-9-22-29(25,26)17-8-6-7-15(11-17)21(24)23-18-13-19-16(10-14(3)28-19)12-20(18)27-5-2/h1,6-8,11-14,22H,5,9-10H2,2-3H3,(H,23,24). The number of carbonyl (C=O) groups is 1. The van der Waals surface area contributed by atoms with E-state index in [2.05, 4.69) is 16.0 Å². The van der Waals surface area contributed by atoms with Crippen LogP contribution in [-0.4, -0.2) is 33.6 Å². The van der Waals surface area contributed by atoms with Gasteiger partial charge in [0.15, 0.2) is 0 Å². The second-order valence-electron chi connectivity index (χ2n) is 6.53. The van der Waals surface area contributed by atoms with E-state index in [0.29, 0.717) is 23.8 Å². The molecule has 0 saturated heterocycles. The molecule has 2 aromatic carbocycles. The van der Waals surface area contributed by atoms with Gasteiger partial charge in [-0.05, 0) is 38.1 Å². The molecule has 0 aromatic heterocycles. The van der Waals surface area contributed by atoms with Gasteiger partial charge in [0, 0.05) is 23.6 Å². The van der Waals surface area contributed by atoms with Gasteiger partial charge in [0.2, 0.25) is 10.0 Å². The Morgan fingerprint density at radius 3 is 2.86 bits per heavy atom. The second-order valence-corrected chi connectivity index (χ2v) is 8.30. The van der Waals surface area contributed by atoms with Gasteiger partial charge in [-0.1, -0.05) is 12.0 Å². The molecule has 29 heavy (non-hydrogen) atoms. The molecule has 1 unspecified atom stereocenters. The van der Waals surface area contributed by atoms with E-state index < -0.39 is 15.9 Å². The Labute approximate surface area is 170 Å². The van der Waals surface area contributed by atoms with E-state index in [1.807, 2.05) is 19.9 Å². The zero-order valence-corrected chi connectivity index (χ0v) is 17.0. The average molecular weight is 414 g/mol. The van der Waals surface area contributed by atoms with Crippen LogP contribution in [0.2, 0.25) is 0 Å². The number of ether oxygens (including phenoxy) is 2. The number of carbonyl (C=O) groups excluding carboxylic acids is 1. The van der Waals surface area contributed by atoms with Crippen molar-refractivity contribution in [2.24, 2.45) is 0 Å². The lowest BCUT2D eigenvalue weighted by molar-refractivity contribution is 0.102. The topological polar surface area (TPSA) is 93.7 Å². The summed E-state index contributed by atoms with van der Waals surface area (Å²) < 4.78 is 38.2. The number of hydrogen-bond donors (Lipinski definition) is 2. The van der Waals surface area contributed by atoms with Crippen molar-refractivity contribution in [2.75, 3.05) is 18.5 Å². The van der Waals surface area contributed by atoms with Crippen LogP contribution >= 0.6 is 0 Å². The minimum absolute atomic E-state index is 0.0449. The first-order chi connectivity index (χ1) is 13.8. The number of rotatable bonds is 7. The number of sulfonamides is 1. The fourth-order valence-corrected chi connectivity index (χ4v) is 4.01. The van der Waals surface area contributed by atoms with E-state index in [1.54, 1.807) is 6.07 Å². The van der Waals surface area contributed by atoms with Crippen molar-refractivity contribution in [3.05, 3.63) is 47.5 Å². The van der Waals surface area contributed by atoms with Crippen LogP contribution in [0.15, 0.2) is 41.3 Å². The summed E-state index contributed by atoms with van der Waals surface area (Å²) in [6.07, 6.45) is 5.93. The number of nitrogens with one attached hydrogen (secondary N) is 2. The zero-order chi connectivity index (χ0) is 21.0. The minimum Gasteiger partial charge on any atom is -0.492 e. The van der Waals surface area contributed by atoms with Crippen LogP contribution in [0.25, 0.3) is 0 Å². The van der Waals surface area contributed by atoms with Gasteiger partial charge in [-0.15, -0.1) is 6.42 Å². The second kappa shape index (κ2) is 8.55. The van der Waals surface area contributed by atoms with E-state index in [0.717, 1.165) is 12.0 Å². The quantitative estimate of drug-likeness (QED) is 0.679. The predicted octanol–water partition coefficient (Wildman–Crippen LogP) is 2.57. The molecule has 0 saturated carbocycles. The third-order valence-corrected chi connectivity index (χ3v) is 5.72. The number of hydrogen-bond acceptors (Lipinski definition) is 5. The van der Waals surface area contributed by atoms with E-state index in [4.69, 9.17) is 15.9 Å². The number of amides is 1. The lowest BCUT2D eigenvalue weighted by Crippen LogP contribution is -2.24. The number of anilines is 1. The highest BCUT2D eigenvalue weighted by Crippen LogP contribution is 2.38. The molecule has 2 N–H and O–H groups in total. The van der Waals surface area contributed by atoms with Gasteiger partial charge in [0.05, 0.1) is 23.7 Å². The number of benzene rings is 2. The van der Waals surface area contributed by atoms with Crippen molar-refractivity contribution < 1.29 is 22.7 Å². The maximum atomic E-state index is 12.8. The summed E-state index contributed by atoms with van der Waals surface area (Å²) >= 11 is 0. The maximum Gasteiger partial charge on any atom is 0.255 e. The van der Waals surface area contributed by atoms with Crippen molar-refractivity contribution in [2.45, 2.75) is 31.3 Å². The van der Waals surface area contributed by atoms with Gasteiger partial charge in [-0.3, -0.25) is 4.79 Å². The average Bonchev–Trinajstić information content (AvgIpc) is 3.05. The van der Waals surface area contributed by atoms with Gasteiger partial charge in [-0.2, -0.15) is 4.72 Å². The Morgan fingerprint density at radius 1 is 1.34 bits per heavy atom. The molecule has 0 spiro atoms. The molecule has 7 nitrogen and oxygen atoms in total. The molecular formula is C21H22N2O5S. The van der Waals surface area contributed by atoms with E-state index in [1.165, 1.54) is 24.3 Å². The van der Waals surface area contributed by atoms with Gasteiger partial charge < -0.3 is 14.8 Å². The molecule has 1 aliphatic heterocycles. The highest BCUT2D eigenvalue weighted by atomic mass is 32.2. The smallest absolute Gasteiger partial charge is 0.255 e. The molecule has 0 aliphatic carbocycles. The Morgan fingerprint density at radius 2 is 2.14 bits per heavy atom. The summed E-state index contributed by atoms with van der Waals surface area (Å²) in [5.74, 6) is 2.98. The maximum absolute atomic E-state index is 12.8. The molecular weight excluding hydrogens is 392 g/mol. The molecule has 0 bridgehead atoms. The van der Waals surface area contributed by atoms with Crippen LogP contribution in [0.4, 0.5) is 5.69 Å². The number of terminal acetylenes is 1. The summed E-state index contributed by atoms with van der Waals surface area (Å²) in [7, 11) is -3.80. The van der Waals surface area contributed by atoms with Crippen molar-refractivity contribution in [3.8, 4) is 23.8 Å². The van der Waals surface area contributed by atoms with Crippen LogP contribution < -0.4 is 19.5 Å². The van der Waals surface area contributed by atoms with Crippen molar-refractivity contribution in [1.29, 1.82) is 0 Å². The van der Waals surface area contributed by atoms with Crippen molar-refractivity contribution >= 4 is 21.6 Å². The lowest BCUT2D eigenvalue weighted by atomic mass is 10.1. The molecule has 1 atom stereocenters. The summed E-state index contributed by atoms with van der Waals surface area (Å²) in [5, 5.41) is 2.79. The van der Waals surface area contributed by atoms with Crippen LogP contribution in [0.5, 0.6) is 11.5 Å². The third kappa shape index (κ3) is 4.70. The Kier molecular flexibility index (Phi) is 6.11. The summed E-state index contributed by atoms with van der Waals surface area (Å²) in [6, 6.07) is 9.31. The highest BCUT2D eigenvalue weighted by Gasteiger charge is 2.23. The lowest BCUT2D eigenvalue weighted by Gasteiger charge is -2.14. The summed E-state index contributed by atoms with van der Waals surface area (Å²) in [4.78, 5) is 12.7. The highest BCUT2D eigenvalue weighted by molar-refractivity contribution is 7.89. The Hall–Kier alpha value is -3.02.